The van der Waals surface area contributed by atoms with E-state index in [0.717, 1.165) is 12.8 Å². The maximum absolute atomic E-state index is 10.6. The topological polar surface area (TPSA) is 37.3 Å². The van der Waals surface area contributed by atoms with Crippen molar-refractivity contribution >= 4 is 17.6 Å². The third-order valence-corrected chi connectivity index (χ3v) is 5.19. The first-order valence-electron chi connectivity index (χ1n) is 10.1. The first-order chi connectivity index (χ1) is 12.2. The molecule has 25 heavy (non-hydrogen) atoms. The third kappa shape index (κ3) is 12.9. The molecule has 0 aliphatic carbocycles. The minimum absolute atomic E-state index is 0.598. The van der Waals surface area contributed by atoms with Crippen molar-refractivity contribution in [3.05, 3.63) is 35.9 Å². The van der Waals surface area contributed by atoms with Crippen molar-refractivity contribution in [1.82, 2.24) is 0 Å². The predicted molar refractivity (Wildman–Crippen MR) is 107 cm³/mol. The number of carboxylic acids is 1. The Balaban J connectivity index is 1.75. The van der Waals surface area contributed by atoms with Gasteiger partial charge in [0.05, 0.1) is 0 Å². The number of benzene rings is 1. The summed E-state index contributed by atoms with van der Waals surface area (Å²) in [5.41, 5.74) is 1.46. The molecule has 0 aromatic heterocycles. The highest BCUT2D eigenvalue weighted by Crippen LogP contribution is 2.15. The number of carboxylic acid groups (broad SMARTS) is 1. The van der Waals surface area contributed by atoms with Gasteiger partial charge in [-0.1, -0.05) is 101 Å². The Kier molecular flexibility index (Phi) is 13.4. The Labute approximate surface area is 159 Å². The van der Waals surface area contributed by atoms with Gasteiger partial charge in [0.1, 0.15) is 5.38 Å². The molecule has 0 radical (unpaired) electrons. The van der Waals surface area contributed by atoms with E-state index in [1.165, 1.54) is 76.2 Å². The lowest BCUT2D eigenvalue weighted by Gasteiger charge is -2.05. The summed E-state index contributed by atoms with van der Waals surface area (Å²) in [5, 5.41) is 7.99. The molecule has 2 nitrogen and oxygen atoms in total. The summed E-state index contributed by atoms with van der Waals surface area (Å²) < 4.78 is 0. The van der Waals surface area contributed by atoms with Crippen LogP contribution in [0.15, 0.2) is 30.3 Å². The van der Waals surface area contributed by atoms with E-state index in [1.807, 2.05) is 0 Å². The van der Waals surface area contributed by atoms with Gasteiger partial charge in [-0.25, -0.2) is 0 Å². The molecule has 0 aliphatic rings. The largest absolute Gasteiger partial charge is 0.480 e. The van der Waals surface area contributed by atoms with E-state index in [0.29, 0.717) is 6.42 Å². The van der Waals surface area contributed by atoms with Gasteiger partial charge in [-0.15, -0.1) is 11.6 Å². The summed E-state index contributed by atoms with van der Waals surface area (Å²) in [6, 6.07) is 10.8. The Hall–Kier alpha value is -1.02. The van der Waals surface area contributed by atoms with E-state index < -0.39 is 11.3 Å². The van der Waals surface area contributed by atoms with E-state index in [2.05, 4.69) is 30.3 Å². The molecule has 0 bridgehead atoms. The van der Waals surface area contributed by atoms with Crippen LogP contribution in [0.2, 0.25) is 0 Å². The highest BCUT2D eigenvalue weighted by molar-refractivity contribution is 6.29. The van der Waals surface area contributed by atoms with Crippen molar-refractivity contribution in [3.8, 4) is 0 Å². The highest BCUT2D eigenvalue weighted by Gasteiger charge is 2.11. The van der Waals surface area contributed by atoms with Gasteiger partial charge in [0, 0.05) is 0 Å². The lowest BCUT2D eigenvalue weighted by Crippen LogP contribution is -2.12. The van der Waals surface area contributed by atoms with E-state index >= 15 is 0 Å². The molecular weight excluding hydrogens is 332 g/mol. The fraction of sp³-hybridized carbons (Fsp3) is 0.682. The van der Waals surface area contributed by atoms with E-state index in [-0.39, 0.29) is 0 Å². The molecule has 0 spiro atoms. The van der Waals surface area contributed by atoms with Crippen molar-refractivity contribution in [2.75, 3.05) is 0 Å². The Morgan fingerprint density at radius 1 is 0.760 bits per heavy atom. The number of aliphatic carboxylic acids is 1. The zero-order valence-corrected chi connectivity index (χ0v) is 16.4. The van der Waals surface area contributed by atoms with Crippen LogP contribution in [-0.4, -0.2) is 16.5 Å². The van der Waals surface area contributed by atoms with Crippen molar-refractivity contribution in [2.24, 2.45) is 0 Å². The second-order valence-electron chi connectivity index (χ2n) is 7.07. The van der Waals surface area contributed by atoms with Gasteiger partial charge in [0.25, 0.3) is 0 Å². The van der Waals surface area contributed by atoms with Crippen LogP contribution in [0, 0.1) is 0 Å². The fourth-order valence-electron chi connectivity index (χ4n) is 3.19. The van der Waals surface area contributed by atoms with E-state index in [1.54, 1.807) is 0 Å². The van der Waals surface area contributed by atoms with Gasteiger partial charge < -0.3 is 5.11 Å². The summed E-state index contributed by atoms with van der Waals surface area (Å²) in [6.07, 6.45) is 17.2. The average molecular weight is 367 g/mol. The van der Waals surface area contributed by atoms with Crippen LogP contribution in [0.5, 0.6) is 0 Å². The lowest BCUT2D eigenvalue weighted by molar-refractivity contribution is -0.136. The molecule has 1 unspecified atom stereocenters. The molecule has 1 rings (SSSR count). The van der Waals surface area contributed by atoms with Crippen LogP contribution in [0.25, 0.3) is 0 Å². The molecule has 0 saturated carbocycles. The number of hydrogen-bond acceptors (Lipinski definition) is 1. The fourth-order valence-corrected chi connectivity index (χ4v) is 3.34. The van der Waals surface area contributed by atoms with Crippen molar-refractivity contribution in [1.29, 1.82) is 0 Å². The van der Waals surface area contributed by atoms with Crippen molar-refractivity contribution < 1.29 is 9.90 Å². The first-order valence-corrected chi connectivity index (χ1v) is 10.5. The van der Waals surface area contributed by atoms with Crippen molar-refractivity contribution in [3.63, 3.8) is 0 Å². The molecule has 0 aliphatic heterocycles. The average Bonchev–Trinajstić information content (AvgIpc) is 2.62. The number of aryl methyl sites for hydroxylation is 1. The van der Waals surface area contributed by atoms with E-state index in [9.17, 15) is 4.79 Å². The molecule has 1 aromatic rings. The number of alkyl halides is 1. The van der Waals surface area contributed by atoms with Gasteiger partial charge in [0.15, 0.2) is 0 Å². The van der Waals surface area contributed by atoms with Crippen LogP contribution < -0.4 is 0 Å². The molecule has 142 valence electrons. The maximum atomic E-state index is 10.6. The molecule has 1 atom stereocenters. The summed E-state index contributed by atoms with van der Waals surface area (Å²) in [6.45, 7) is 0. The van der Waals surface area contributed by atoms with Gasteiger partial charge in [0.2, 0.25) is 0 Å². The van der Waals surface area contributed by atoms with Crippen LogP contribution in [0.3, 0.4) is 0 Å². The lowest BCUT2D eigenvalue weighted by atomic mass is 10.0. The Morgan fingerprint density at radius 3 is 1.68 bits per heavy atom. The Bertz CT molecular complexity index is 433. The third-order valence-electron chi connectivity index (χ3n) is 4.78. The zero-order valence-electron chi connectivity index (χ0n) is 15.6. The quantitative estimate of drug-likeness (QED) is 0.253. The minimum Gasteiger partial charge on any atom is -0.480 e. The number of hydrogen-bond donors (Lipinski definition) is 1. The van der Waals surface area contributed by atoms with Gasteiger partial charge >= 0.3 is 5.97 Å². The van der Waals surface area contributed by atoms with Crippen LogP contribution in [0.1, 0.15) is 89.0 Å². The summed E-state index contributed by atoms with van der Waals surface area (Å²) in [5.74, 6) is -0.887. The standard InChI is InChI=1S/C22H35ClO2/c23-21(22(24)25)19-15-10-8-6-4-2-1-3-5-7-9-12-16-20-17-13-11-14-18-20/h11,13-14,17-18,21H,1-10,12,15-16,19H2,(H,24,25). The van der Waals surface area contributed by atoms with E-state index in [4.69, 9.17) is 16.7 Å². The second kappa shape index (κ2) is 15.3. The summed E-state index contributed by atoms with van der Waals surface area (Å²) in [7, 11) is 0. The minimum atomic E-state index is -0.887. The smallest absolute Gasteiger partial charge is 0.321 e. The summed E-state index contributed by atoms with van der Waals surface area (Å²) >= 11 is 5.69. The molecule has 1 N–H and O–H groups in total. The molecule has 0 saturated heterocycles. The van der Waals surface area contributed by atoms with Crippen LogP contribution >= 0.6 is 11.6 Å². The van der Waals surface area contributed by atoms with Gasteiger partial charge in [-0.3, -0.25) is 4.79 Å². The predicted octanol–water partition coefficient (Wildman–Crippen LogP) is 6.99. The number of rotatable bonds is 16. The maximum Gasteiger partial charge on any atom is 0.321 e. The monoisotopic (exact) mass is 366 g/mol. The molecular formula is C22H35ClO2. The molecule has 1 aromatic carbocycles. The second-order valence-corrected chi connectivity index (χ2v) is 7.60. The number of carbonyl (C=O) groups is 1. The highest BCUT2D eigenvalue weighted by atomic mass is 35.5. The van der Waals surface area contributed by atoms with Crippen molar-refractivity contribution in [2.45, 2.75) is 95.3 Å². The molecule has 0 fully saturated rings. The summed E-state index contributed by atoms with van der Waals surface area (Å²) in [4.78, 5) is 10.6. The van der Waals surface area contributed by atoms with Gasteiger partial charge in [-0.2, -0.15) is 0 Å². The van der Waals surface area contributed by atoms with Crippen LogP contribution in [-0.2, 0) is 11.2 Å². The Morgan fingerprint density at radius 2 is 1.20 bits per heavy atom. The van der Waals surface area contributed by atoms with Crippen LogP contribution in [0.4, 0.5) is 0 Å². The molecule has 3 heteroatoms. The SMILES string of the molecule is O=C(O)C(Cl)CCCCCCCCCCCCCCc1ccccc1. The van der Waals surface area contributed by atoms with Gasteiger partial charge in [-0.05, 0) is 24.8 Å². The zero-order chi connectivity index (χ0) is 18.2. The number of unbranched alkanes of at least 4 members (excludes halogenated alkanes) is 11. The normalized spacial score (nSPS) is 12.2. The molecule has 0 heterocycles. The molecule has 0 amide bonds. The first kappa shape index (κ1) is 22.0. The number of halogens is 1.